The molecule has 4 rings (SSSR count). The van der Waals surface area contributed by atoms with Crippen molar-refractivity contribution in [2.45, 2.75) is 12.5 Å². The lowest BCUT2D eigenvalue weighted by Crippen LogP contribution is -2.42. The second-order valence-corrected chi connectivity index (χ2v) is 9.12. The van der Waals surface area contributed by atoms with Crippen molar-refractivity contribution >= 4 is 28.9 Å². The molecule has 0 bridgehead atoms. The predicted molar refractivity (Wildman–Crippen MR) is 139 cm³/mol. The Labute approximate surface area is 214 Å². The minimum Gasteiger partial charge on any atom is -0.497 e. The maximum atomic E-state index is 13.7. The number of hydrogen-bond donors (Lipinski definition) is 0. The van der Waals surface area contributed by atoms with E-state index in [1.807, 2.05) is 41.8 Å². The number of rotatable bonds is 10. The summed E-state index contributed by atoms with van der Waals surface area (Å²) in [7, 11) is 4.74. The van der Waals surface area contributed by atoms with E-state index in [0.717, 1.165) is 16.2 Å². The van der Waals surface area contributed by atoms with Gasteiger partial charge in [0.15, 0.2) is 0 Å². The summed E-state index contributed by atoms with van der Waals surface area (Å²) in [4.78, 5) is 29.5. The van der Waals surface area contributed by atoms with Crippen LogP contribution in [0.25, 0.3) is 0 Å². The van der Waals surface area contributed by atoms with Gasteiger partial charge in [-0.1, -0.05) is 24.3 Å². The van der Waals surface area contributed by atoms with E-state index in [-0.39, 0.29) is 30.9 Å². The zero-order valence-corrected chi connectivity index (χ0v) is 21.4. The smallest absolute Gasteiger partial charge is 0.262 e. The highest BCUT2D eigenvalue weighted by molar-refractivity contribution is 7.12. The number of nitrogens with zero attached hydrogens (tertiary/aromatic N) is 3. The van der Waals surface area contributed by atoms with Crippen molar-refractivity contribution in [3.05, 3.63) is 82.0 Å². The molecule has 1 atom stereocenters. The Morgan fingerprint density at radius 1 is 1.03 bits per heavy atom. The molecular formula is C27H29N3O5S. The highest BCUT2D eigenvalue weighted by Crippen LogP contribution is 2.38. The lowest BCUT2D eigenvalue weighted by atomic mass is 10.00. The molecule has 8 nitrogen and oxygen atoms in total. The monoisotopic (exact) mass is 507 g/mol. The van der Waals surface area contributed by atoms with E-state index in [2.05, 4.69) is 0 Å². The van der Waals surface area contributed by atoms with Gasteiger partial charge in [-0.2, -0.15) is 5.10 Å². The average molecular weight is 508 g/mol. The van der Waals surface area contributed by atoms with Crippen molar-refractivity contribution < 1.29 is 23.8 Å². The summed E-state index contributed by atoms with van der Waals surface area (Å²) >= 11 is 1.58. The van der Waals surface area contributed by atoms with Gasteiger partial charge in [0.25, 0.3) is 11.8 Å². The first-order valence-corrected chi connectivity index (χ1v) is 12.4. The van der Waals surface area contributed by atoms with Crippen LogP contribution in [0.2, 0.25) is 0 Å². The Morgan fingerprint density at radius 3 is 2.47 bits per heavy atom. The van der Waals surface area contributed by atoms with Gasteiger partial charge in [-0.05, 0) is 41.8 Å². The number of benzene rings is 2. The molecule has 9 heteroatoms. The van der Waals surface area contributed by atoms with Crippen LogP contribution in [0.15, 0.2) is 71.1 Å². The molecule has 2 amide bonds. The maximum Gasteiger partial charge on any atom is 0.262 e. The summed E-state index contributed by atoms with van der Waals surface area (Å²) in [6.45, 7) is 0.428. The third kappa shape index (κ3) is 5.58. The van der Waals surface area contributed by atoms with Gasteiger partial charge in [-0.3, -0.25) is 9.59 Å². The van der Waals surface area contributed by atoms with Crippen molar-refractivity contribution in [1.29, 1.82) is 0 Å². The van der Waals surface area contributed by atoms with E-state index >= 15 is 0 Å². The molecule has 0 saturated heterocycles. The lowest BCUT2D eigenvalue weighted by Gasteiger charge is -2.27. The van der Waals surface area contributed by atoms with Crippen molar-refractivity contribution in [1.82, 2.24) is 9.91 Å². The highest BCUT2D eigenvalue weighted by Gasteiger charge is 2.36. The number of hydrazone groups is 1. The molecule has 0 unspecified atom stereocenters. The highest BCUT2D eigenvalue weighted by atomic mass is 32.1. The van der Waals surface area contributed by atoms with Gasteiger partial charge in [-0.25, -0.2) is 5.01 Å². The third-order valence-electron chi connectivity index (χ3n) is 5.99. The fourth-order valence-corrected chi connectivity index (χ4v) is 4.84. The number of hydrogen-bond acceptors (Lipinski definition) is 7. The summed E-state index contributed by atoms with van der Waals surface area (Å²) in [6.07, 6.45) is 0.553. The van der Waals surface area contributed by atoms with Gasteiger partial charge >= 0.3 is 0 Å². The van der Waals surface area contributed by atoms with Crippen molar-refractivity contribution in [2.75, 3.05) is 41.0 Å². The third-order valence-corrected chi connectivity index (χ3v) is 6.90. The first-order chi connectivity index (χ1) is 17.5. The number of carbonyl (C=O) groups excluding carboxylic acids is 2. The van der Waals surface area contributed by atoms with Gasteiger partial charge in [-0.15, -0.1) is 11.3 Å². The van der Waals surface area contributed by atoms with Crippen LogP contribution in [0.4, 0.5) is 0 Å². The molecule has 1 aliphatic heterocycles. The first kappa shape index (κ1) is 25.4. The van der Waals surface area contributed by atoms with E-state index < -0.39 is 0 Å². The van der Waals surface area contributed by atoms with Crippen LogP contribution in [0.3, 0.4) is 0 Å². The molecule has 2 aromatic carbocycles. The molecule has 36 heavy (non-hydrogen) atoms. The molecule has 0 radical (unpaired) electrons. The molecule has 1 aromatic heterocycles. The SMILES string of the molecule is COCCN(CC(=O)N1N=C(c2cccs2)C[C@@H]1c1ccccc1OC)C(=O)c1ccc(OC)cc1. The molecule has 3 aromatic rings. The Kier molecular flexibility index (Phi) is 8.35. The lowest BCUT2D eigenvalue weighted by molar-refractivity contribution is -0.133. The van der Waals surface area contributed by atoms with Crippen molar-refractivity contribution in [3.63, 3.8) is 0 Å². The summed E-state index contributed by atoms with van der Waals surface area (Å²) in [5, 5.41) is 8.20. The van der Waals surface area contributed by atoms with Crippen LogP contribution < -0.4 is 9.47 Å². The largest absolute Gasteiger partial charge is 0.497 e. The van der Waals surface area contributed by atoms with E-state index in [1.165, 1.54) is 9.91 Å². The van der Waals surface area contributed by atoms with Crippen molar-refractivity contribution in [2.24, 2.45) is 5.10 Å². The van der Waals surface area contributed by atoms with Crippen LogP contribution in [0, 0.1) is 0 Å². The Balaban J connectivity index is 1.62. The summed E-state index contributed by atoms with van der Waals surface area (Å²) in [5.41, 5.74) is 2.16. The van der Waals surface area contributed by atoms with Gasteiger partial charge in [0.05, 0.1) is 37.5 Å². The Hall–Kier alpha value is -3.69. The van der Waals surface area contributed by atoms with Gasteiger partial charge in [0.2, 0.25) is 0 Å². The number of methoxy groups -OCH3 is 3. The molecule has 0 N–H and O–H groups in total. The van der Waals surface area contributed by atoms with Crippen molar-refractivity contribution in [3.8, 4) is 11.5 Å². The quantitative estimate of drug-likeness (QED) is 0.410. The number of amides is 2. The maximum absolute atomic E-state index is 13.7. The number of thiophene rings is 1. The summed E-state index contributed by atoms with van der Waals surface area (Å²) < 4.78 is 16.0. The second kappa shape index (κ2) is 11.8. The fraction of sp³-hybridized carbons (Fsp3) is 0.296. The summed E-state index contributed by atoms with van der Waals surface area (Å²) in [5.74, 6) is 0.792. The standard InChI is InChI=1S/C27H29N3O5S/c1-33-15-14-29(27(32)19-10-12-20(34-2)13-11-19)18-26(31)30-23(21-7-4-5-8-24(21)35-3)17-22(28-30)25-9-6-16-36-25/h4-13,16,23H,14-15,17-18H2,1-3H3/t23-/m1/s1. The van der Waals surface area contributed by atoms with Crippen LogP contribution in [-0.2, 0) is 9.53 Å². The Bertz CT molecular complexity index is 1210. The topological polar surface area (TPSA) is 80.7 Å². The van der Waals surface area contributed by atoms with E-state index in [1.54, 1.807) is 56.9 Å². The number of para-hydroxylation sites is 1. The van der Waals surface area contributed by atoms with Crippen LogP contribution >= 0.6 is 11.3 Å². The molecule has 0 aliphatic carbocycles. The zero-order valence-electron chi connectivity index (χ0n) is 20.5. The predicted octanol–water partition coefficient (Wildman–Crippen LogP) is 4.23. The molecule has 0 saturated carbocycles. The molecule has 2 heterocycles. The second-order valence-electron chi connectivity index (χ2n) is 8.17. The van der Waals surface area contributed by atoms with E-state index in [0.29, 0.717) is 30.1 Å². The molecular weight excluding hydrogens is 478 g/mol. The number of ether oxygens (including phenoxy) is 3. The minimum absolute atomic E-state index is 0.138. The van der Waals surface area contributed by atoms with E-state index in [4.69, 9.17) is 19.3 Å². The van der Waals surface area contributed by atoms with Crippen LogP contribution in [-0.4, -0.2) is 68.5 Å². The molecule has 0 fully saturated rings. The average Bonchev–Trinajstić information content (AvgIpc) is 3.61. The molecule has 188 valence electrons. The molecule has 0 spiro atoms. The Morgan fingerprint density at radius 2 is 1.81 bits per heavy atom. The fourth-order valence-electron chi connectivity index (χ4n) is 4.12. The van der Waals surface area contributed by atoms with Gasteiger partial charge < -0.3 is 19.1 Å². The van der Waals surface area contributed by atoms with Crippen LogP contribution in [0.5, 0.6) is 11.5 Å². The summed E-state index contributed by atoms with van der Waals surface area (Å²) in [6, 6.07) is 18.1. The number of carbonyl (C=O) groups is 2. The normalized spacial score (nSPS) is 14.9. The zero-order chi connectivity index (χ0) is 25.5. The van der Waals surface area contributed by atoms with Gasteiger partial charge in [0, 0.05) is 31.2 Å². The van der Waals surface area contributed by atoms with Crippen LogP contribution in [0.1, 0.15) is 33.3 Å². The molecule has 1 aliphatic rings. The van der Waals surface area contributed by atoms with Gasteiger partial charge in [0.1, 0.15) is 18.0 Å². The van der Waals surface area contributed by atoms with E-state index in [9.17, 15) is 9.59 Å². The first-order valence-electron chi connectivity index (χ1n) is 11.5. The minimum atomic E-state index is -0.342.